The zero-order chi connectivity index (χ0) is 23.6. The molecule has 0 N–H and O–H groups in total. The fraction of sp³-hybridized carbons (Fsp3) is 0.240. The molecule has 6 rings (SSSR count). The van der Waals surface area contributed by atoms with Gasteiger partial charge in [-0.2, -0.15) is 0 Å². The van der Waals surface area contributed by atoms with E-state index in [1.165, 1.54) is 0 Å². The van der Waals surface area contributed by atoms with Crippen LogP contribution in [0.15, 0.2) is 60.9 Å². The van der Waals surface area contributed by atoms with Gasteiger partial charge in [0.2, 0.25) is 12.7 Å². The van der Waals surface area contributed by atoms with E-state index in [9.17, 15) is 4.79 Å². The Morgan fingerprint density at radius 1 is 0.971 bits per heavy atom. The molecule has 10 nitrogen and oxygen atoms in total. The number of amides is 1. The van der Waals surface area contributed by atoms with Gasteiger partial charge in [0.15, 0.2) is 28.5 Å². The molecule has 176 valence electrons. The lowest BCUT2D eigenvalue weighted by Crippen LogP contribution is -2.48. The first-order chi connectivity index (χ1) is 17.2. The van der Waals surface area contributed by atoms with Crippen LogP contribution in [0.3, 0.4) is 0 Å². The van der Waals surface area contributed by atoms with Crippen LogP contribution in [-0.4, -0.2) is 68.7 Å². The number of benzene rings is 2. The van der Waals surface area contributed by atoms with Crippen LogP contribution >= 0.6 is 0 Å². The van der Waals surface area contributed by atoms with Gasteiger partial charge in [-0.3, -0.25) is 4.79 Å². The van der Waals surface area contributed by atoms with Gasteiger partial charge < -0.3 is 19.3 Å². The van der Waals surface area contributed by atoms with Crippen LogP contribution in [0.25, 0.3) is 17.2 Å². The normalized spacial score (nSPS) is 15.3. The SMILES string of the molecule is O=C(C=Cc1ccc2c(c1)OCO2)N1CCN(c2ncnc3c2nnn3Cc2ccccc2)CC1. The number of anilines is 1. The van der Waals surface area contributed by atoms with Crippen molar-refractivity contribution in [3.8, 4) is 11.5 Å². The Hall–Kier alpha value is -4.47. The molecule has 0 spiro atoms. The number of aromatic nitrogens is 5. The molecule has 0 atom stereocenters. The van der Waals surface area contributed by atoms with Gasteiger partial charge in [0.25, 0.3) is 0 Å². The molecule has 2 aromatic heterocycles. The van der Waals surface area contributed by atoms with Gasteiger partial charge in [-0.05, 0) is 29.3 Å². The molecule has 2 aromatic carbocycles. The number of fused-ring (bicyclic) bond motifs is 2. The zero-order valence-corrected chi connectivity index (χ0v) is 18.9. The average molecular weight is 470 g/mol. The van der Waals surface area contributed by atoms with Crippen LogP contribution in [0.1, 0.15) is 11.1 Å². The highest BCUT2D eigenvalue weighted by molar-refractivity contribution is 5.92. The Labute approximate surface area is 201 Å². The van der Waals surface area contributed by atoms with Crippen molar-refractivity contribution >= 4 is 29.0 Å². The first-order valence-electron chi connectivity index (χ1n) is 11.4. The highest BCUT2D eigenvalue weighted by Crippen LogP contribution is 2.32. The number of ether oxygens (including phenoxy) is 2. The summed E-state index contributed by atoms with van der Waals surface area (Å²) in [5, 5.41) is 8.68. The summed E-state index contributed by atoms with van der Waals surface area (Å²) >= 11 is 0. The van der Waals surface area contributed by atoms with Crippen molar-refractivity contribution in [3.05, 3.63) is 72.1 Å². The number of nitrogens with zero attached hydrogens (tertiary/aromatic N) is 7. The number of hydrogen-bond donors (Lipinski definition) is 0. The van der Waals surface area contributed by atoms with Crippen LogP contribution in [0.4, 0.5) is 5.82 Å². The molecule has 35 heavy (non-hydrogen) atoms. The van der Waals surface area contributed by atoms with E-state index in [1.54, 1.807) is 23.2 Å². The molecule has 0 saturated carbocycles. The van der Waals surface area contributed by atoms with Crippen molar-refractivity contribution < 1.29 is 14.3 Å². The Morgan fingerprint density at radius 3 is 2.66 bits per heavy atom. The van der Waals surface area contributed by atoms with Crippen LogP contribution in [-0.2, 0) is 11.3 Å². The number of carbonyl (C=O) groups excluding carboxylic acids is 1. The van der Waals surface area contributed by atoms with Crippen molar-refractivity contribution in [2.45, 2.75) is 6.54 Å². The van der Waals surface area contributed by atoms with Gasteiger partial charge in [0.1, 0.15) is 6.33 Å². The predicted molar refractivity (Wildman–Crippen MR) is 129 cm³/mol. The lowest BCUT2D eigenvalue weighted by molar-refractivity contribution is -0.126. The minimum Gasteiger partial charge on any atom is -0.454 e. The van der Waals surface area contributed by atoms with Crippen molar-refractivity contribution in [2.75, 3.05) is 37.9 Å². The van der Waals surface area contributed by atoms with Gasteiger partial charge in [0.05, 0.1) is 6.54 Å². The van der Waals surface area contributed by atoms with E-state index in [4.69, 9.17) is 9.47 Å². The molecule has 2 aliphatic heterocycles. The first-order valence-corrected chi connectivity index (χ1v) is 11.4. The Bertz CT molecular complexity index is 1390. The highest BCUT2D eigenvalue weighted by atomic mass is 16.7. The van der Waals surface area contributed by atoms with Gasteiger partial charge in [-0.1, -0.05) is 41.6 Å². The molecular weight excluding hydrogens is 446 g/mol. The van der Waals surface area contributed by atoms with E-state index >= 15 is 0 Å². The summed E-state index contributed by atoms with van der Waals surface area (Å²) in [6.07, 6.45) is 4.95. The molecule has 1 amide bonds. The van der Waals surface area contributed by atoms with Crippen LogP contribution in [0, 0.1) is 0 Å². The molecule has 2 aliphatic rings. The third-order valence-electron chi connectivity index (χ3n) is 6.16. The Balaban J connectivity index is 1.11. The monoisotopic (exact) mass is 469 g/mol. The second-order valence-electron chi connectivity index (χ2n) is 8.36. The topological polar surface area (TPSA) is 98.5 Å². The second-order valence-corrected chi connectivity index (χ2v) is 8.36. The van der Waals surface area contributed by atoms with Gasteiger partial charge in [-0.15, -0.1) is 5.10 Å². The maximum atomic E-state index is 12.8. The summed E-state index contributed by atoms with van der Waals surface area (Å²) in [4.78, 5) is 25.6. The summed E-state index contributed by atoms with van der Waals surface area (Å²) in [6, 6.07) is 15.7. The largest absolute Gasteiger partial charge is 0.454 e. The zero-order valence-electron chi connectivity index (χ0n) is 18.9. The Morgan fingerprint density at radius 2 is 1.80 bits per heavy atom. The smallest absolute Gasteiger partial charge is 0.246 e. The minimum atomic E-state index is -0.0241. The summed E-state index contributed by atoms with van der Waals surface area (Å²) < 4.78 is 12.5. The van der Waals surface area contributed by atoms with E-state index < -0.39 is 0 Å². The van der Waals surface area contributed by atoms with Crippen molar-refractivity contribution in [3.63, 3.8) is 0 Å². The van der Waals surface area contributed by atoms with Crippen molar-refractivity contribution in [2.24, 2.45) is 0 Å². The molecule has 10 heteroatoms. The van der Waals surface area contributed by atoms with Crippen LogP contribution < -0.4 is 14.4 Å². The minimum absolute atomic E-state index is 0.0241. The molecule has 0 radical (unpaired) electrons. The number of hydrogen-bond acceptors (Lipinski definition) is 8. The molecule has 4 heterocycles. The van der Waals surface area contributed by atoms with Gasteiger partial charge in [-0.25, -0.2) is 14.6 Å². The number of rotatable bonds is 5. The first kappa shape index (κ1) is 21.1. The lowest BCUT2D eigenvalue weighted by Gasteiger charge is -2.34. The molecular formula is C25H23N7O3. The molecule has 1 saturated heterocycles. The van der Waals surface area contributed by atoms with Crippen LogP contribution in [0.5, 0.6) is 11.5 Å². The average Bonchev–Trinajstić information content (AvgIpc) is 3.55. The van der Waals surface area contributed by atoms with Crippen LogP contribution in [0.2, 0.25) is 0 Å². The van der Waals surface area contributed by atoms with Crippen molar-refractivity contribution in [1.82, 2.24) is 29.9 Å². The van der Waals surface area contributed by atoms with Crippen molar-refractivity contribution in [1.29, 1.82) is 0 Å². The number of piperazine rings is 1. The van der Waals surface area contributed by atoms with E-state index in [0.29, 0.717) is 49.6 Å². The summed E-state index contributed by atoms with van der Waals surface area (Å²) in [5.41, 5.74) is 3.39. The third-order valence-corrected chi connectivity index (χ3v) is 6.16. The maximum absolute atomic E-state index is 12.8. The molecule has 0 unspecified atom stereocenters. The van der Waals surface area contributed by atoms with E-state index in [-0.39, 0.29) is 12.7 Å². The van der Waals surface area contributed by atoms with Gasteiger partial charge in [0, 0.05) is 32.3 Å². The van der Waals surface area contributed by atoms with Gasteiger partial charge >= 0.3 is 0 Å². The summed E-state index contributed by atoms with van der Waals surface area (Å²) in [5.74, 6) is 2.15. The highest BCUT2D eigenvalue weighted by Gasteiger charge is 2.24. The van der Waals surface area contributed by atoms with E-state index in [0.717, 1.165) is 22.7 Å². The standard InChI is InChI=1S/C25H23N7O3/c33-22(9-7-18-6-8-20-21(14-18)35-17-34-20)30-10-12-31(13-11-30)24-23-25(27-16-26-24)32(29-28-23)15-19-4-2-1-3-5-19/h1-9,14,16H,10-13,15,17H2. The quantitative estimate of drug-likeness (QED) is 0.411. The fourth-order valence-electron chi connectivity index (χ4n) is 4.30. The third kappa shape index (κ3) is 4.25. The maximum Gasteiger partial charge on any atom is 0.246 e. The summed E-state index contributed by atoms with van der Waals surface area (Å²) in [7, 11) is 0. The second kappa shape index (κ2) is 9.05. The fourth-order valence-corrected chi connectivity index (χ4v) is 4.30. The summed E-state index contributed by atoms with van der Waals surface area (Å²) in [6.45, 7) is 3.31. The van der Waals surface area contributed by atoms with E-state index in [1.807, 2.05) is 53.4 Å². The molecule has 1 fully saturated rings. The lowest BCUT2D eigenvalue weighted by atomic mass is 10.2. The molecule has 0 aliphatic carbocycles. The molecule has 0 bridgehead atoms. The molecule has 4 aromatic rings. The Kier molecular flexibility index (Phi) is 5.45. The predicted octanol–water partition coefficient (Wildman–Crippen LogP) is 2.36. The van der Waals surface area contributed by atoms with E-state index in [2.05, 4.69) is 25.2 Å². The number of carbonyl (C=O) groups is 1.